The van der Waals surface area contributed by atoms with Crippen LogP contribution >= 0.6 is 0 Å². The minimum atomic E-state index is -1.16. The van der Waals surface area contributed by atoms with Gasteiger partial charge >= 0.3 is 0 Å². The summed E-state index contributed by atoms with van der Waals surface area (Å²) in [5.41, 5.74) is -0.357. The number of benzene rings is 2. The molecule has 0 aliphatic carbocycles. The standard InChI is InChI=1S/C23H16F2N6O3/c24-15-4-3-5-16(19(15)25)31-21-13(20-14(22(31)32)10-28-30-20)9-27-23(29-21)26-8-12-11-33-17-6-1-2-7-18(17)34-12/h1-7,9-10,12H,8,11H2,(H,28,30)(H,26,27,29)/t12-/m0/s1. The lowest BCUT2D eigenvalue weighted by atomic mass is 10.2. The van der Waals surface area contributed by atoms with Crippen LogP contribution in [-0.2, 0) is 0 Å². The Bertz CT molecular complexity index is 1620. The maximum Gasteiger partial charge on any atom is 0.267 e. The fraction of sp³-hybridized carbons (Fsp3) is 0.130. The van der Waals surface area contributed by atoms with E-state index >= 15 is 0 Å². The average Bonchev–Trinajstić information content (AvgIpc) is 3.36. The van der Waals surface area contributed by atoms with Crippen molar-refractivity contribution >= 4 is 27.9 Å². The number of halogens is 2. The summed E-state index contributed by atoms with van der Waals surface area (Å²) in [7, 11) is 0. The Morgan fingerprint density at radius 1 is 1.09 bits per heavy atom. The number of fused-ring (bicyclic) bond motifs is 4. The van der Waals surface area contributed by atoms with Crippen molar-refractivity contribution in [2.75, 3.05) is 18.5 Å². The quantitative estimate of drug-likeness (QED) is 0.422. The lowest BCUT2D eigenvalue weighted by Crippen LogP contribution is -2.35. The summed E-state index contributed by atoms with van der Waals surface area (Å²) < 4.78 is 41.3. The third-order valence-electron chi connectivity index (χ3n) is 5.55. The highest BCUT2D eigenvalue weighted by Gasteiger charge is 2.22. The van der Waals surface area contributed by atoms with Crippen molar-refractivity contribution in [2.24, 2.45) is 0 Å². The van der Waals surface area contributed by atoms with Crippen LogP contribution in [0.25, 0.3) is 27.6 Å². The van der Waals surface area contributed by atoms with Crippen LogP contribution in [0.4, 0.5) is 14.7 Å². The Hall–Kier alpha value is -4.54. The second-order valence-electron chi connectivity index (χ2n) is 7.68. The SMILES string of the molecule is O=c1c2cn[nH]c2c2cnc(NC[C@H]3COc4ccccc4O3)nc2n1-c1cccc(F)c1F. The Balaban J connectivity index is 1.40. The molecule has 3 aromatic heterocycles. The van der Waals surface area contributed by atoms with E-state index in [0.29, 0.717) is 35.6 Å². The van der Waals surface area contributed by atoms with Gasteiger partial charge < -0.3 is 14.8 Å². The molecule has 0 spiro atoms. The molecule has 0 amide bonds. The summed E-state index contributed by atoms with van der Waals surface area (Å²) in [6, 6.07) is 11.0. The molecule has 2 N–H and O–H groups in total. The van der Waals surface area contributed by atoms with Gasteiger partial charge in [-0.3, -0.25) is 14.5 Å². The third kappa shape index (κ3) is 3.20. The van der Waals surface area contributed by atoms with Crippen molar-refractivity contribution in [3.8, 4) is 17.2 Å². The lowest BCUT2D eigenvalue weighted by molar-refractivity contribution is 0.0996. The second kappa shape index (κ2) is 7.80. The predicted molar refractivity (Wildman–Crippen MR) is 120 cm³/mol. The molecule has 11 heteroatoms. The summed E-state index contributed by atoms with van der Waals surface area (Å²) in [5, 5.41) is 10.4. The van der Waals surface area contributed by atoms with Gasteiger partial charge in [0.05, 0.1) is 34.7 Å². The van der Waals surface area contributed by atoms with E-state index in [1.165, 1.54) is 24.5 Å². The summed E-state index contributed by atoms with van der Waals surface area (Å²) in [4.78, 5) is 22.0. The molecule has 0 bridgehead atoms. The Labute approximate surface area is 190 Å². The smallest absolute Gasteiger partial charge is 0.267 e. The summed E-state index contributed by atoms with van der Waals surface area (Å²) in [5.74, 6) is -0.749. The number of H-pyrrole nitrogens is 1. The molecule has 34 heavy (non-hydrogen) atoms. The van der Waals surface area contributed by atoms with E-state index in [1.807, 2.05) is 24.3 Å². The predicted octanol–water partition coefficient (Wildman–Crippen LogP) is 3.19. The lowest BCUT2D eigenvalue weighted by Gasteiger charge is -2.26. The normalized spacial score (nSPS) is 15.1. The molecule has 0 saturated carbocycles. The van der Waals surface area contributed by atoms with Gasteiger partial charge in [0.1, 0.15) is 12.7 Å². The highest BCUT2D eigenvalue weighted by atomic mass is 19.2. The van der Waals surface area contributed by atoms with Crippen molar-refractivity contribution in [3.05, 3.63) is 76.8 Å². The first-order chi connectivity index (χ1) is 16.6. The topological polar surface area (TPSA) is 107 Å². The molecule has 0 fully saturated rings. The number of hydrogen-bond donors (Lipinski definition) is 2. The number of anilines is 1. The van der Waals surface area contributed by atoms with Crippen LogP contribution in [-0.4, -0.2) is 44.0 Å². The monoisotopic (exact) mass is 462 g/mol. The molecule has 1 atom stereocenters. The number of hydrogen-bond acceptors (Lipinski definition) is 7. The van der Waals surface area contributed by atoms with Crippen LogP contribution in [0.1, 0.15) is 0 Å². The first-order valence-corrected chi connectivity index (χ1v) is 10.4. The molecule has 9 nitrogen and oxygen atoms in total. The minimum absolute atomic E-state index is 0.0925. The molecule has 2 aromatic carbocycles. The average molecular weight is 462 g/mol. The van der Waals surface area contributed by atoms with E-state index in [9.17, 15) is 13.6 Å². The molecule has 0 radical (unpaired) electrons. The zero-order valence-electron chi connectivity index (χ0n) is 17.5. The Kier molecular flexibility index (Phi) is 4.61. The first-order valence-electron chi connectivity index (χ1n) is 10.4. The van der Waals surface area contributed by atoms with Crippen LogP contribution < -0.4 is 20.3 Å². The van der Waals surface area contributed by atoms with E-state index in [1.54, 1.807) is 0 Å². The van der Waals surface area contributed by atoms with Crippen molar-refractivity contribution < 1.29 is 18.3 Å². The molecule has 170 valence electrons. The summed E-state index contributed by atoms with van der Waals surface area (Å²) >= 11 is 0. The number of nitrogens with zero attached hydrogens (tertiary/aromatic N) is 4. The maximum atomic E-state index is 14.7. The van der Waals surface area contributed by atoms with Gasteiger partial charge in [-0.1, -0.05) is 18.2 Å². The zero-order valence-corrected chi connectivity index (χ0v) is 17.5. The van der Waals surface area contributed by atoms with Gasteiger partial charge in [0.25, 0.3) is 5.56 Å². The fourth-order valence-corrected chi connectivity index (χ4v) is 3.93. The molecule has 1 aliphatic heterocycles. The first kappa shape index (κ1) is 20.1. The van der Waals surface area contributed by atoms with Gasteiger partial charge in [-0.05, 0) is 24.3 Å². The summed E-state index contributed by atoms with van der Waals surface area (Å²) in [6.45, 7) is 0.635. The number of rotatable bonds is 4. The molecule has 5 aromatic rings. The number of aromatic amines is 1. The van der Waals surface area contributed by atoms with Crippen molar-refractivity contribution in [2.45, 2.75) is 6.10 Å². The van der Waals surface area contributed by atoms with Gasteiger partial charge in [0.15, 0.2) is 28.8 Å². The second-order valence-corrected chi connectivity index (χ2v) is 7.68. The fourth-order valence-electron chi connectivity index (χ4n) is 3.93. The van der Waals surface area contributed by atoms with Crippen molar-refractivity contribution in [1.82, 2.24) is 24.7 Å². The van der Waals surface area contributed by atoms with E-state index in [4.69, 9.17) is 9.47 Å². The molecular weight excluding hydrogens is 446 g/mol. The van der Waals surface area contributed by atoms with E-state index in [-0.39, 0.29) is 28.8 Å². The van der Waals surface area contributed by atoms with Gasteiger partial charge in [0.2, 0.25) is 5.95 Å². The minimum Gasteiger partial charge on any atom is -0.486 e. The van der Waals surface area contributed by atoms with Crippen LogP contribution in [0.15, 0.2) is 59.7 Å². The number of nitrogens with one attached hydrogen (secondary N) is 2. The van der Waals surface area contributed by atoms with Gasteiger partial charge in [-0.15, -0.1) is 0 Å². The number of pyridine rings is 1. The highest BCUT2D eigenvalue weighted by molar-refractivity contribution is 6.02. The van der Waals surface area contributed by atoms with Crippen LogP contribution in [0.3, 0.4) is 0 Å². The zero-order chi connectivity index (χ0) is 23.2. The molecule has 6 rings (SSSR count). The van der Waals surface area contributed by atoms with Gasteiger partial charge in [-0.2, -0.15) is 10.1 Å². The van der Waals surface area contributed by atoms with Crippen LogP contribution in [0.2, 0.25) is 0 Å². The van der Waals surface area contributed by atoms with E-state index < -0.39 is 17.2 Å². The Morgan fingerprint density at radius 2 is 1.94 bits per heavy atom. The molecular formula is C23H16F2N6O3. The largest absolute Gasteiger partial charge is 0.486 e. The number of ether oxygens (including phenoxy) is 2. The highest BCUT2D eigenvalue weighted by Crippen LogP contribution is 2.31. The van der Waals surface area contributed by atoms with Crippen LogP contribution in [0, 0.1) is 11.6 Å². The van der Waals surface area contributed by atoms with E-state index in [0.717, 1.165) is 10.6 Å². The number of aromatic nitrogens is 5. The number of para-hydroxylation sites is 2. The van der Waals surface area contributed by atoms with Crippen molar-refractivity contribution in [1.29, 1.82) is 0 Å². The molecule has 0 unspecified atom stereocenters. The summed E-state index contributed by atoms with van der Waals surface area (Å²) in [6.07, 6.45) is 2.51. The maximum absolute atomic E-state index is 14.7. The molecule has 4 heterocycles. The van der Waals surface area contributed by atoms with Crippen molar-refractivity contribution in [3.63, 3.8) is 0 Å². The molecule has 1 aliphatic rings. The van der Waals surface area contributed by atoms with Crippen LogP contribution in [0.5, 0.6) is 11.5 Å². The van der Waals surface area contributed by atoms with Gasteiger partial charge in [0, 0.05) is 6.20 Å². The van der Waals surface area contributed by atoms with E-state index in [2.05, 4.69) is 25.5 Å². The Morgan fingerprint density at radius 3 is 2.82 bits per heavy atom. The van der Waals surface area contributed by atoms with Gasteiger partial charge in [-0.25, -0.2) is 13.8 Å². The molecule has 0 saturated heterocycles. The third-order valence-corrected chi connectivity index (χ3v) is 5.55.